The summed E-state index contributed by atoms with van der Waals surface area (Å²) < 4.78 is 19.0. The molecule has 5 heteroatoms. The number of rotatable bonds is 9. The Balaban J connectivity index is 2.47. The molecular formula is C15H24BFO3. The first-order valence-corrected chi connectivity index (χ1v) is 7.30. The number of halogens is 1. The smallest absolute Gasteiger partial charge is 0.423 e. The van der Waals surface area contributed by atoms with Crippen molar-refractivity contribution in [1.29, 1.82) is 0 Å². The first kappa shape index (κ1) is 17.1. The highest BCUT2D eigenvalue weighted by Crippen LogP contribution is 2.14. The zero-order chi connectivity index (χ0) is 15.0. The van der Waals surface area contributed by atoms with E-state index in [4.69, 9.17) is 14.8 Å². The molecule has 0 aliphatic rings. The predicted octanol–water partition coefficient (Wildman–Crippen LogP) is 2.24. The van der Waals surface area contributed by atoms with E-state index in [-0.39, 0.29) is 5.46 Å². The van der Waals surface area contributed by atoms with E-state index in [0.717, 1.165) is 18.4 Å². The van der Waals surface area contributed by atoms with E-state index in [1.165, 1.54) is 25.0 Å². The van der Waals surface area contributed by atoms with Crippen molar-refractivity contribution in [2.45, 2.75) is 46.1 Å². The van der Waals surface area contributed by atoms with Crippen molar-refractivity contribution in [3.05, 3.63) is 29.6 Å². The summed E-state index contributed by atoms with van der Waals surface area (Å²) in [5.74, 6) is -0.0589. The van der Waals surface area contributed by atoms with Crippen LogP contribution in [0.4, 0.5) is 4.39 Å². The van der Waals surface area contributed by atoms with Crippen molar-refractivity contribution in [2.24, 2.45) is 5.92 Å². The molecule has 0 radical (unpaired) electrons. The molecule has 3 nitrogen and oxygen atoms in total. The van der Waals surface area contributed by atoms with Crippen LogP contribution in [0.2, 0.25) is 0 Å². The Kier molecular flexibility index (Phi) is 7.81. The minimum absolute atomic E-state index is 0.107. The quantitative estimate of drug-likeness (QED) is 0.683. The summed E-state index contributed by atoms with van der Waals surface area (Å²) in [5, 5.41) is 18.1. The summed E-state index contributed by atoms with van der Waals surface area (Å²) in [5.41, 5.74) is 0.643. The molecule has 1 atom stereocenters. The van der Waals surface area contributed by atoms with Crippen LogP contribution in [-0.4, -0.2) is 23.8 Å². The molecule has 1 rings (SSSR count). The molecule has 0 spiro atoms. The van der Waals surface area contributed by atoms with Crippen molar-refractivity contribution < 1.29 is 19.2 Å². The van der Waals surface area contributed by atoms with E-state index < -0.39 is 12.9 Å². The SMILES string of the molecule is CCCCC(CC)COCc1ccc(F)c(B(O)O)c1. The zero-order valence-corrected chi connectivity index (χ0v) is 12.3. The number of ether oxygens (including phenoxy) is 1. The van der Waals surface area contributed by atoms with Gasteiger partial charge in [0.2, 0.25) is 0 Å². The monoisotopic (exact) mass is 282 g/mol. The fourth-order valence-electron chi connectivity index (χ4n) is 2.12. The molecule has 2 N–H and O–H groups in total. The van der Waals surface area contributed by atoms with Crippen molar-refractivity contribution in [3.8, 4) is 0 Å². The Morgan fingerprint density at radius 1 is 1.30 bits per heavy atom. The molecule has 0 aromatic heterocycles. The second-order valence-electron chi connectivity index (χ2n) is 5.16. The lowest BCUT2D eigenvalue weighted by molar-refractivity contribution is 0.0820. The molecule has 0 fully saturated rings. The van der Waals surface area contributed by atoms with Gasteiger partial charge < -0.3 is 14.8 Å². The molecule has 1 unspecified atom stereocenters. The normalized spacial score (nSPS) is 12.4. The van der Waals surface area contributed by atoms with Gasteiger partial charge in [0.15, 0.2) is 0 Å². The van der Waals surface area contributed by atoms with Crippen LogP contribution in [0.25, 0.3) is 0 Å². The van der Waals surface area contributed by atoms with E-state index in [0.29, 0.717) is 19.1 Å². The Labute approximate surface area is 120 Å². The van der Waals surface area contributed by atoms with Crippen LogP contribution >= 0.6 is 0 Å². The highest BCUT2D eigenvalue weighted by Gasteiger charge is 2.16. The third-order valence-electron chi connectivity index (χ3n) is 3.50. The fraction of sp³-hybridized carbons (Fsp3) is 0.600. The Morgan fingerprint density at radius 2 is 2.05 bits per heavy atom. The van der Waals surface area contributed by atoms with Crippen molar-refractivity contribution >= 4 is 12.6 Å². The molecule has 0 aliphatic carbocycles. The maximum atomic E-state index is 13.3. The summed E-state index contributed by atoms with van der Waals surface area (Å²) >= 11 is 0. The fourth-order valence-corrected chi connectivity index (χ4v) is 2.12. The van der Waals surface area contributed by atoms with Gasteiger partial charge in [-0.25, -0.2) is 4.39 Å². The van der Waals surface area contributed by atoms with Crippen LogP contribution < -0.4 is 5.46 Å². The maximum Gasteiger partial charge on any atom is 0.491 e. The van der Waals surface area contributed by atoms with E-state index in [9.17, 15) is 4.39 Å². The molecular weight excluding hydrogens is 258 g/mol. The van der Waals surface area contributed by atoms with Crippen LogP contribution in [0.15, 0.2) is 18.2 Å². The minimum Gasteiger partial charge on any atom is -0.423 e. The number of unbranched alkanes of at least 4 members (excludes halogenated alkanes) is 1. The van der Waals surface area contributed by atoms with Crippen LogP contribution in [0.3, 0.4) is 0 Å². The van der Waals surface area contributed by atoms with Crippen molar-refractivity contribution in [2.75, 3.05) is 6.61 Å². The maximum absolute atomic E-state index is 13.3. The number of hydrogen-bond donors (Lipinski definition) is 2. The third-order valence-corrected chi connectivity index (χ3v) is 3.50. The second kappa shape index (κ2) is 9.11. The van der Waals surface area contributed by atoms with Gasteiger partial charge in [-0.3, -0.25) is 0 Å². The van der Waals surface area contributed by atoms with Gasteiger partial charge in [-0.2, -0.15) is 0 Å². The van der Waals surface area contributed by atoms with Gasteiger partial charge in [0.25, 0.3) is 0 Å². The lowest BCUT2D eigenvalue weighted by Crippen LogP contribution is -2.33. The van der Waals surface area contributed by atoms with Gasteiger partial charge in [-0.1, -0.05) is 45.2 Å². The van der Waals surface area contributed by atoms with Gasteiger partial charge in [-0.05, 0) is 24.0 Å². The number of benzene rings is 1. The lowest BCUT2D eigenvalue weighted by atomic mass is 9.79. The molecule has 1 aromatic carbocycles. The predicted molar refractivity (Wildman–Crippen MR) is 79.2 cm³/mol. The summed E-state index contributed by atoms with van der Waals surface area (Å²) in [6, 6.07) is 4.28. The summed E-state index contributed by atoms with van der Waals surface area (Å²) in [7, 11) is -1.79. The molecule has 0 saturated carbocycles. The standard InChI is InChI=1S/C15H24BFO3/c1-3-5-6-12(4-2)10-20-11-13-7-8-15(17)14(9-13)16(18)19/h7-9,12,18-19H,3-6,10-11H2,1-2H3. The molecule has 1 aromatic rings. The average Bonchev–Trinajstić information content (AvgIpc) is 2.44. The molecule has 0 aliphatic heterocycles. The third kappa shape index (κ3) is 5.61. The first-order valence-electron chi connectivity index (χ1n) is 7.30. The second-order valence-corrected chi connectivity index (χ2v) is 5.16. The van der Waals surface area contributed by atoms with E-state index >= 15 is 0 Å². The topological polar surface area (TPSA) is 49.7 Å². The van der Waals surface area contributed by atoms with Gasteiger partial charge in [0.1, 0.15) is 5.82 Å². The molecule has 0 bridgehead atoms. The summed E-state index contributed by atoms with van der Waals surface area (Å²) in [6.45, 7) is 5.38. The first-order chi connectivity index (χ1) is 9.58. The van der Waals surface area contributed by atoms with Gasteiger partial charge in [-0.15, -0.1) is 0 Å². The highest BCUT2D eigenvalue weighted by molar-refractivity contribution is 6.58. The van der Waals surface area contributed by atoms with Gasteiger partial charge >= 0.3 is 7.12 Å². The molecule has 0 heterocycles. The minimum atomic E-state index is -1.79. The van der Waals surface area contributed by atoms with Crippen LogP contribution in [0, 0.1) is 11.7 Å². The Morgan fingerprint density at radius 3 is 2.65 bits per heavy atom. The Hall–Kier alpha value is -0.905. The lowest BCUT2D eigenvalue weighted by Gasteiger charge is -2.15. The van der Waals surface area contributed by atoms with Crippen molar-refractivity contribution in [1.82, 2.24) is 0 Å². The Bertz CT molecular complexity index is 399. The van der Waals surface area contributed by atoms with E-state index in [1.54, 1.807) is 6.07 Å². The van der Waals surface area contributed by atoms with Crippen LogP contribution in [-0.2, 0) is 11.3 Å². The molecule has 0 amide bonds. The van der Waals surface area contributed by atoms with E-state index in [1.807, 2.05) is 0 Å². The summed E-state index contributed by atoms with van der Waals surface area (Å²) in [6.07, 6.45) is 4.65. The van der Waals surface area contributed by atoms with Crippen molar-refractivity contribution in [3.63, 3.8) is 0 Å². The van der Waals surface area contributed by atoms with Gasteiger partial charge in [0.05, 0.1) is 6.61 Å². The summed E-state index contributed by atoms with van der Waals surface area (Å²) in [4.78, 5) is 0. The molecule has 20 heavy (non-hydrogen) atoms. The highest BCUT2D eigenvalue weighted by atomic mass is 19.1. The largest absolute Gasteiger partial charge is 0.491 e. The molecule has 112 valence electrons. The van der Waals surface area contributed by atoms with Gasteiger partial charge in [0, 0.05) is 12.1 Å². The number of hydrogen-bond acceptors (Lipinski definition) is 3. The van der Waals surface area contributed by atoms with Crippen LogP contribution in [0.5, 0.6) is 0 Å². The zero-order valence-electron chi connectivity index (χ0n) is 12.3. The van der Waals surface area contributed by atoms with Crippen LogP contribution in [0.1, 0.15) is 45.1 Å². The average molecular weight is 282 g/mol. The molecule has 0 saturated heterocycles. The van der Waals surface area contributed by atoms with E-state index in [2.05, 4.69) is 13.8 Å².